The van der Waals surface area contributed by atoms with Gasteiger partial charge in [0.1, 0.15) is 6.04 Å². The maximum Gasteiger partial charge on any atom is 0.322 e. The standard InChI is InChI=1S/C25H24N4O/c1-16-12-17(2)14-19(13-16)27-25(30)29-11-9-21-20-7-3-4-8-22(20)28-23(21)24(29)18-6-5-10-26-15-18/h3-8,10,12-15,24,28H,9,11H2,1-2H3,(H,27,30)/t24-/m0/s1. The smallest absolute Gasteiger partial charge is 0.322 e. The number of aromatic nitrogens is 2. The molecule has 2 aromatic carbocycles. The number of carbonyl (C=O) groups is 1. The number of aryl methyl sites for hydroxylation is 2. The van der Waals surface area contributed by atoms with Crippen molar-refractivity contribution in [3.63, 3.8) is 0 Å². The largest absolute Gasteiger partial charge is 0.356 e. The summed E-state index contributed by atoms with van der Waals surface area (Å²) in [6.45, 7) is 4.72. The van der Waals surface area contributed by atoms with E-state index in [4.69, 9.17) is 0 Å². The van der Waals surface area contributed by atoms with Crippen LogP contribution >= 0.6 is 0 Å². The van der Waals surface area contributed by atoms with Crippen molar-refractivity contribution in [1.29, 1.82) is 0 Å². The van der Waals surface area contributed by atoms with E-state index in [1.807, 2.05) is 55.3 Å². The molecule has 0 bridgehead atoms. The molecule has 0 radical (unpaired) electrons. The van der Waals surface area contributed by atoms with Crippen molar-refractivity contribution < 1.29 is 4.79 Å². The van der Waals surface area contributed by atoms with Gasteiger partial charge in [0.2, 0.25) is 0 Å². The molecule has 0 spiro atoms. The highest BCUT2D eigenvalue weighted by Crippen LogP contribution is 2.38. The molecule has 5 nitrogen and oxygen atoms in total. The number of rotatable bonds is 2. The lowest BCUT2D eigenvalue weighted by molar-refractivity contribution is 0.193. The molecule has 1 aliphatic rings. The molecule has 0 saturated heterocycles. The Bertz CT molecular complexity index is 1210. The molecule has 2 N–H and O–H groups in total. The molecule has 2 aromatic heterocycles. The van der Waals surface area contributed by atoms with Gasteiger partial charge in [-0.25, -0.2) is 4.79 Å². The van der Waals surface area contributed by atoms with Gasteiger partial charge in [-0.3, -0.25) is 4.98 Å². The highest BCUT2D eigenvalue weighted by Gasteiger charge is 2.34. The first-order valence-electron chi connectivity index (χ1n) is 10.3. The van der Waals surface area contributed by atoms with E-state index >= 15 is 0 Å². The minimum absolute atomic E-state index is 0.0989. The van der Waals surface area contributed by atoms with Crippen molar-refractivity contribution >= 4 is 22.6 Å². The van der Waals surface area contributed by atoms with Crippen molar-refractivity contribution in [2.24, 2.45) is 0 Å². The number of benzene rings is 2. The summed E-state index contributed by atoms with van der Waals surface area (Å²) in [6, 6.07) is 18.1. The Labute approximate surface area is 175 Å². The first-order chi connectivity index (χ1) is 14.6. The van der Waals surface area contributed by atoms with E-state index in [2.05, 4.69) is 39.6 Å². The van der Waals surface area contributed by atoms with E-state index in [0.29, 0.717) is 6.54 Å². The van der Waals surface area contributed by atoms with Crippen LogP contribution in [0.1, 0.15) is 34.0 Å². The molecule has 3 heterocycles. The first kappa shape index (κ1) is 18.4. The van der Waals surface area contributed by atoms with Crippen LogP contribution in [0.2, 0.25) is 0 Å². The molecule has 5 rings (SSSR count). The summed E-state index contributed by atoms with van der Waals surface area (Å²) in [7, 11) is 0. The second kappa shape index (κ2) is 7.34. The van der Waals surface area contributed by atoms with Crippen molar-refractivity contribution in [2.45, 2.75) is 26.3 Å². The molecule has 4 aromatic rings. The maximum atomic E-state index is 13.4. The number of nitrogens with zero attached hydrogens (tertiary/aromatic N) is 2. The average molecular weight is 396 g/mol. The van der Waals surface area contributed by atoms with Gasteiger partial charge in [0.05, 0.1) is 0 Å². The van der Waals surface area contributed by atoms with Crippen LogP contribution < -0.4 is 5.32 Å². The number of hydrogen-bond donors (Lipinski definition) is 2. The van der Waals surface area contributed by atoms with E-state index in [1.165, 1.54) is 10.9 Å². The molecule has 30 heavy (non-hydrogen) atoms. The molecule has 1 aliphatic heterocycles. The van der Waals surface area contributed by atoms with Crippen LogP contribution in [0.5, 0.6) is 0 Å². The van der Waals surface area contributed by atoms with Gasteiger partial charge in [0.15, 0.2) is 0 Å². The van der Waals surface area contributed by atoms with Gasteiger partial charge in [0.25, 0.3) is 0 Å². The molecule has 0 saturated carbocycles. The number of carbonyl (C=O) groups excluding carboxylic acids is 1. The molecule has 0 fully saturated rings. The van der Waals surface area contributed by atoms with Gasteiger partial charge >= 0.3 is 6.03 Å². The van der Waals surface area contributed by atoms with Gasteiger partial charge < -0.3 is 15.2 Å². The highest BCUT2D eigenvalue weighted by molar-refractivity contribution is 5.91. The van der Waals surface area contributed by atoms with Crippen LogP contribution in [-0.4, -0.2) is 27.4 Å². The average Bonchev–Trinajstić information content (AvgIpc) is 3.11. The molecule has 0 unspecified atom stereocenters. The predicted molar refractivity (Wildman–Crippen MR) is 120 cm³/mol. The fourth-order valence-corrected chi connectivity index (χ4v) is 4.59. The SMILES string of the molecule is Cc1cc(C)cc(NC(=O)N2CCc3c([nH]c4ccccc34)[C@@H]2c2cccnc2)c1. The summed E-state index contributed by atoms with van der Waals surface area (Å²) in [5, 5.41) is 4.34. The third-order valence-electron chi connectivity index (χ3n) is 5.77. The van der Waals surface area contributed by atoms with E-state index in [-0.39, 0.29) is 12.1 Å². The fraction of sp³-hybridized carbons (Fsp3) is 0.200. The number of fused-ring (bicyclic) bond motifs is 3. The predicted octanol–water partition coefficient (Wildman–Crippen LogP) is 5.36. The lowest BCUT2D eigenvalue weighted by Crippen LogP contribution is -2.43. The van der Waals surface area contributed by atoms with Crippen molar-refractivity contribution in [3.05, 3.63) is 94.9 Å². The van der Waals surface area contributed by atoms with Crippen molar-refractivity contribution in [1.82, 2.24) is 14.9 Å². The number of anilines is 1. The van der Waals surface area contributed by atoms with Gasteiger partial charge in [-0.2, -0.15) is 0 Å². The summed E-state index contributed by atoms with van der Waals surface area (Å²) < 4.78 is 0. The maximum absolute atomic E-state index is 13.4. The molecular weight excluding hydrogens is 372 g/mol. The Morgan fingerprint density at radius 3 is 2.67 bits per heavy atom. The number of amides is 2. The Balaban J connectivity index is 1.56. The highest BCUT2D eigenvalue weighted by atomic mass is 16.2. The Morgan fingerprint density at radius 2 is 1.90 bits per heavy atom. The van der Waals surface area contributed by atoms with Crippen LogP contribution in [-0.2, 0) is 6.42 Å². The van der Waals surface area contributed by atoms with Gasteiger partial charge in [0, 0.05) is 41.2 Å². The lowest BCUT2D eigenvalue weighted by atomic mass is 9.93. The Hall–Kier alpha value is -3.60. The van der Waals surface area contributed by atoms with E-state index in [9.17, 15) is 4.79 Å². The molecule has 1 atom stereocenters. The van der Waals surface area contributed by atoms with E-state index < -0.39 is 0 Å². The minimum atomic E-state index is -0.208. The van der Waals surface area contributed by atoms with Gasteiger partial charge in [-0.15, -0.1) is 0 Å². The number of aromatic amines is 1. The Morgan fingerprint density at radius 1 is 1.10 bits per heavy atom. The van der Waals surface area contributed by atoms with Crippen LogP contribution in [0.3, 0.4) is 0 Å². The zero-order valence-electron chi connectivity index (χ0n) is 17.1. The summed E-state index contributed by atoms with van der Waals surface area (Å²) in [5.41, 5.74) is 7.55. The molecular formula is C25H24N4O. The lowest BCUT2D eigenvalue weighted by Gasteiger charge is -2.36. The van der Waals surface area contributed by atoms with E-state index in [0.717, 1.165) is 40.0 Å². The topological polar surface area (TPSA) is 61.0 Å². The third kappa shape index (κ3) is 3.22. The first-order valence-corrected chi connectivity index (χ1v) is 10.3. The van der Waals surface area contributed by atoms with Crippen LogP contribution in [0, 0.1) is 13.8 Å². The normalized spacial score (nSPS) is 15.8. The monoisotopic (exact) mass is 396 g/mol. The number of hydrogen-bond acceptors (Lipinski definition) is 2. The minimum Gasteiger partial charge on any atom is -0.356 e. The summed E-state index contributed by atoms with van der Waals surface area (Å²) in [4.78, 5) is 23.2. The fourth-order valence-electron chi connectivity index (χ4n) is 4.59. The zero-order valence-corrected chi connectivity index (χ0v) is 17.1. The van der Waals surface area contributed by atoms with Crippen molar-refractivity contribution in [3.8, 4) is 0 Å². The second-order valence-electron chi connectivity index (χ2n) is 8.00. The summed E-state index contributed by atoms with van der Waals surface area (Å²) in [6.07, 6.45) is 4.43. The molecule has 5 heteroatoms. The molecule has 2 amide bonds. The number of urea groups is 1. The number of para-hydroxylation sites is 1. The van der Waals surface area contributed by atoms with Gasteiger partial charge in [-0.05, 0) is 66.8 Å². The van der Waals surface area contributed by atoms with E-state index in [1.54, 1.807) is 6.20 Å². The third-order valence-corrected chi connectivity index (χ3v) is 5.77. The zero-order chi connectivity index (χ0) is 20.7. The number of H-pyrrole nitrogens is 1. The van der Waals surface area contributed by atoms with Gasteiger partial charge in [-0.1, -0.05) is 30.3 Å². The Kier molecular flexibility index (Phi) is 4.51. The van der Waals surface area contributed by atoms with Crippen LogP contribution in [0.4, 0.5) is 10.5 Å². The van der Waals surface area contributed by atoms with Crippen molar-refractivity contribution in [2.75, 3.05) is 11.9 Å². The quantitative estimate of drug-likeness (QED) is 0.479. The number of nitrogens with one attached hydrogen (secondary N) is 2. The molecule has 150 valence electrons. The summed E-state index contributed by atoms with van der Waals surface area (Å²) >= 11 is 0. The van der Waals surface area contributed by atoms with Crippen LogP contribution in [0.15, 0.2) is 67.0 Å². The molecule has 0 aliphatic carbocycles. The second-order valence-corrected chi connectivity index (χ2v) is 8.00. The number of pyridine rings is 1. The summed E-state index contributed by atoms with van der Waals surface area (Å²) in [5.74, 6) is 0. The van der Waals surface area contributed by atoms with Crippen LogP contribution in [0.25, 0.3) is 10.9 Å².